The van der Waals surface area contributed by atoms with Gasteiger partial charge in [-0.25, -0.2) is 5.84 Å². The molecule has 1 fully saturated rings. The Balaban J connectivity index is 1.80. The van der Waals surface area contributed by atoms with Crippen molar-refractivity contribution < 1.29 is 9.53 Å². The van der Waals surface area contributed by atoms with Crippen molar-refractivity contribution in [3.63, 3.8) is 0 Å². The van der Waals surface area contributed by atoms with E-state index < -0.39 is 5.60 Å². The fourth-order valence-corrected chi connectivity index (χ4v) is 3.01. The molecule has 0 bridgehead atoms. The molecule has 1 aromatic carbocycles. The molecule has 22 heavy (non-hydrogen) atoms. The third-order valence-corrected chi connectivity index (χ3v) is 4.52. The van der Waals surface area contributed by atoms with E-state index in [-0.39, 0.29) is 11.5 Å². The summed E-state index contributed by atoms with van der Waals surface area (Å²) in [6, 6.07) is 8.36. The molecule has 1 aliphatic carbocycles. The molecule has 5 nitrogen and oxygen atoms in total. The predicted octanol–water partition coefficient (Wildman–Crippen LogP) is 1.79. The van der Waals surface area contributed by atoms with E-state index in [9.17, 15) is 4.79 Å². The Morgan fingerprint density at radius 1 is 1.32 bits per heavy atom. The lowest BCUT2D eigenvalue weighted by molar-refractivity contribution is -0.116. The van der Waals surface area contributed by atoms with Crippen LogP contribution in [-0.2, 0) is 16.1 Å². The fraction of sp³-hybridized carbons (Fsp3) is 0.471. The first-order chi connectivity index (χ1) is 10.4. The van der Waals surface area contributed by atoms with E-state index in [2.05, 4.69) is 38.1 Å². The van der Waals surface area contributed by atoms with Gasteiger partial charge in [0.05, 0.1) is 24.5 Å². The Labute approximate surface area is 130 Å². The maximum atomic E-state index is 11.9. The summed E-state index contributed by atoms with van der Waals surface area (Å²) in [6.45, 7) is 5.43. The van der Waals surface area contributed by atoms with E-state index in [1.807, 2.05) is 0 Å². The van der Waals surface area contributed by atoms with Crippen molar-refractivity contribution in [3.05, 3.63) is 46.8 Å². The van der Waals surface area contributed by atoms with Crippen molar-refractivity contribution in [2.75, 3.05) is 6.61 Å². The number of benzene rings is 1. The van der Waals surface area contributed by atoms with Crippen LogP contribution in [0, 0.1) is 0 Å². The van der Waals surface area contributed by atoms with Crippen LogP contribution in [0.3, 0.4) is 0 Å². The highest BCUT2D eigenvalue weighted by molar-refractivity contribution is 5.96. The first kappa shape index (κ1) is 15.1. The van der Waals surface area contributed by atoms with Crippen molar-refractivity contribution >= 4 is 5.78 Å². The van der Waals surface area contributed by atoms with Crippen LogP contribution in [0.4, 0.5) is 0 Å². The first-order valence-corrected chi connectivity index (χ1v) is 7.71. The molecule has 1 saturated heterocycles. The summed E-state index contributed by atoms with van der Waals surface area (Å²) in [7, 11) is 0. The van der Waals surface area contributed by atoms with Crippen molar-refractivity contribution in [2.45, 2.75) is 44.8 Å². The molecule has 0 saturated carbocycles. The number of carbonyl (C=O) groups is 1. The number of rotatable bonds is 4. The third kappa shape index (κ3) is 2.62. The Morgan fingerprint density at radius 2 is 1.95 bits per heavy atom. The topological polar surface area (TPSA) is 84.9 Å². The van der Waals surface area contributed by atoms with Gasteiger partial charge in [-0.3, -0.25) is 4.79 Å². The highest BCUT2D eigenvalue weighted by Crippen LogP contribution is 2.44. The number of hydrogen-bond acceptors (Lipinski definition) is 5. The minimum absolute atomic E-state index is 0.0401. The molecule has 1 heterocycles. The van der Waals surface area contributed by atoms with Crippen LogP contribution in [0.15, 0.2) is 35.7 Å². The zero-order valence-corrected chi connectivity index (χ0v) is 13.1. The number of hydrogen-bond donors (Lipinski definition) is 2. The number of nitrogens with zero attached hydrogens (tertiary/aromatic N) is 1. The van der Waals surface area contributed by atoms with Gasteiger partial charge in [-0.15, -0.1) is 0 Å². The van der Waals surface area contributed by atoms with Gasteiger partial charge in [0.1, 0.15) is 5.60 Å². The summed E-state index contributed by atoms with van der Waals surface area (Å²) in [4.78, 5) is 11.9. The molecular formula is C17H23N3O2. The zero-order valence-electron chi connectivity index (χ0n) is 13.1. The Kier molecular flexibility index (Phi) is 3.70. The third-order valence-electron chi connectivity index (χ3n) is 4.52. The normalized spacial score (nSPS) is 24.3. The summed E-state index contributed by atoms with van der Waals surface area (Å²) in [5, 5.41) is 1.57. The quantitative estimate of drug-likeness (QED) is 0.503. The molecule has 0 radical (unpaired) electrons. The smallest absolute Gasteiger partial charge is 0.180 e. The van der Waals surface area contributed by atoms with Gasteiger partial charge in [0.25, 0.3) is 0 Å². The van der Waals surface area contributed by atoms with Crippen LogP contribution in [0.1, 0.15) is 43.7 Å². The second-order valence-corrected chi connectivity index (χ2v) is 6.49. The van der Waals surface area contributed by atoms with Gasteiger partial charge >= 0.3 is 0 Å². The van der Waals surface area contributed by atoms with E-state index in [1.54, 1.807) is 5.01 Å². The van der Waals surface area contributed by atoms with E-state index in [0.717, 1.165) is 5.56 Å². The summed E-state index contributed by atoms with van der Waals surface area (Å²) in [6.07, 6.45) is 1.11. The molecule has 1 atom stereocenters. The molecule has 1 aliphatic heterocycles. The largest absolute Gasteiger partial charge is 0.394 e. The van der Waals surface area contributed by atoms with Crippen LogP contribution >= 0.6 is 0 Å². The van der Waals surface area contributed by atoms with Gasteiger partial charge in [0.2, 0.25) is 0 Å². The Bertz CT molecular complexity index is 615. The number of ether oxygens (including phenoxy) is 1. The standard InChI is InChI=1S/C17H23N3O2/c1-11(2)13-5-3-12(4-6-13)9-20(19)16-15(18)14(21)7-8-17(16)10-22-17/h3-6,11H,7-10,18-19H2,1-2H3. The minimum Gasteiger partial charge on any atom is -0.394 e. The van der Waals surface area contributed by atoms with E-state index in [0.29, 0.717) is 37.6 Å². The monoisotopic (exact) mass is 301 g/mol. The molecule has 118 valence electrons. The average molecular weight is 301 g/mol. The van der Waals surface area contributed by atoms with Gasteiger partial charge < -0.3 is 15.5 Å². The average Bonchev–Trinajstić information content (AvgIpc) is 3.24. The lowest BCUT2D eigenvalue weighted by atomic mass is 9.89. The van der Waals surface area contributed by atoms with Gasteiger partial charge in [-0.1, -0.05) is 38.1 Å². The van der Waals surface area contributed by atoms with Crippen molar-refractivity contribution in [2.24, 2.45) is 11.6 Å². The summed E-state index contributed by atoms with van der Waals surface area (Å²) >= 11 is 0. The summed E-state index contributed by atoms with van der Waals surface area (Å²) < 4.78 is 5.57. The molecule has 5 heteroatoms. The molecule has 4 N–H and O–H groups in total. The maximum absolute atomic E-state index is 11.9. The lowest BCUT2D eigenvalue weighted by Crippen LogP contribution is -2.43. The highest BCUT2D eigenvalue weighted by atomic mass is 16.6. The molecule has 0 amide bonds. The minimum atomic E-state index is -0.426. The number of nitrogens with two attached hydrogens (primary N) is 2. The van der Waals surface area contributed by atoms with E-state index in [1.165, 1.54) is 5.56 Å². The van der Waals surface area contributed by atoms with Crippen molar-refractivity contribution in [1.29, 1.82) is 0 Å². The lowest BCUT2D eigenvalue weighted by Gasteiger charge is -2.31. The molecule has 1 unspecified atom stereocenters. The van der Waals surface area contributed by atoms with Crippen molar-refractivity contribution in [3.8, 4) is 0 Å². The fourth-order valence-electron chi connectivity index (χ4n) is 3.01. The Morgan fingerprint density at radius 3 is 2.50 bits per heavy atom. The molecule has 1 spiro atoms. The van der Waals surface area contributed by atoms with Gasteiger partial charge in [-0.05, 0) is 23.5 Å². The molecule has 0 aromatic heterocycles. The van der Waals surface area contributed by atoms with Gasteiger partial charge in [0.15, 0.2) is 5.78 Å². The van der Waals surface area contributed by atoms with E-state index in [4.69, 9.17) is 16.3 Å². The van der Waals surface area contributed by atoms with Crippen LogP contribution < -0.4 is 11.6 Å². The number of epoxide rings is 1. The van der Waals surface area contributed by atoms with Crippen molar-refractivity contribution in [1.82, 2.24) is 5.01 Å². The highest BCUT2D eigenvalue weighted by Gasteiger charge is 2.54. The Hall–Kier alpha value is -1.85. The second-order valence-electron chi connectivity index (χ2n) is 6.49. The summed E-state index contributed by atoms with van der Waals surface area (Å²) in [5.41, 5.74) is 8.84. The van der Waals surface area contributed by atoms with Crippen LogP contribution in [0.2, 0.25) is 0 Å². The zero-order chi connectivity index (χ0) is 15.9. The van der Waals surface area contributed by atoms with Gasteiger partial charge in [-0.2, -0.15) is 0 Å². The number of ketones is 1. The molecule has 1 aromatic rings. The maximum Gasteiger partial charge on any atom is 0.180 e. The number of Topliss-reactive ketones (excluding diaryl/α,β-unsaturated/α-hetero) is 1. The first-order valence-electron chi connectivity index (χ1n) is 7.71. The van der Waals surface area contributed by atoms with Crippen LogP contribution in [-0.4, -0.2) is 23.0 Å². The SMILES string of the molecule is CC(C)c1ccc(CN(N)C2=C(N)C(=O)CCC23CO3)cc1. The summed E-state index contributed by atoms with van der Waals surface area (Å²) in [5.74, 6) is 6.67. The molecule has 2 aliphatic rings. The number of hydrazine groups is 1. The van der Waals surface area contributed by atoms with Crippen LogP contribution in [0.5, 0.6) is 0 Å². The second kappa shape index (κ2) is 5.41. The number of carbonyl (C=O) groups excluding carboxylic acids is 1. The van der Waals surface area contributed by atoms with E-state index >= 15 is 0 Å². The van der Waals surface area contributed by atoms with Crippen LogP contribution in [0.25, 0.3) is 0 Å². The predicted molar refractivity (Wildman–Crippen MR) is 84.4 cm³/mol. The molecular weight excluding hydrogens is 278 g/mol. The number of allylic oxidation sites excluding steroid dienone is 1. The van der Waals surface area contributed by atoms with Gasteiger partial charge in [0, 0.05) is 6.42 Å². The molecule has 3 rings (SSSR count).